The molecule has 0 radical (unpaired) electrons. The lowest BCUT2D eigenvalue weighted by Crippen LogP contribution is -2.25. The first-order chi connectivity index (χ1) is 15.4. The molecule has 3 heterocycles. The van der Waals surface area contributed by atoms with Crippen LogP contribution in [0.2, 0.25) is 0 Å². The molecule has 0 bridgehead atoms. The number of ether oxygens (including phenoxy) is 1. The number of carbonyl (C=O) groups is 1. The molecule has 1 aliphatic rings. The van der Waals surface area contributed by atoms with Crippen LogP contribution in [0.4, 0.5) is 10.1 Å². The second kappa shape index (κ2) is 9.44. The van der Waals surface area contributed by atoms with Gasteiger partial charge in [-0.3, -0.25) is 14.4 Å². The fraction of sp³-hybridized carbons (Fsp3) is 0.391. The summed E-state index contributed by atoms with van der Waals surface area (Å²) < 4.78 is 21.3. The predicted molar refractivity (Wildman–Crippen MR) is 119 cm³/mol. The molecule has 0 unspecified atom stereocenters. The molecular weight excluding hydrogens is 411 g/mol. The van der Waals surface area contributed by atoms with Gasteiger partial charge in [0.2, 0.25) is 0 Å². The first-order valence-corrected chi connectivity index (χ1v) is 10.7. The lowest BCUT2D eigenvalue weighted by Gasteiger charge is -2.18. The van der Waals surface area contributed by atoms with Crippen LogP contribution in [0.1, 0.15) is 34.7 Å². The average molecular weight is 439 g/mol. The zero-order chi connectivity index (χ0) is 22.7. The predicted octanol–water partition coefficient (Wildman–Crippen LogP) is 3.36. The number of benzene rings is 1. The fourth-order valence-corrected chi connectivity index (χ4v) is 4.06. The van der Waals surface area contributed by atoms with Crippen LogP contribution < -0.4 is 10.1 Å². The van der Waals surface area contributed by atoms with Gasteiger partial charge >= 0.3 is 0 Å². The maximum atomic E-state index is 14.0. The third-order valence-corrected chi connectivity index (χ3v) is 5.71. The molecule has 3 aromatic rings. The number of carbonyl (C=O) groups excluding carboxylic acids is 1. The lowest BCUT2D eigenvalue weighted by molar-refractivity contribution is 0.101. The van der Waals surface area contributed by atoms with Crippen molar-refractivity contribution in [2.45, 2.75) is 26.7 Å². The van der Waals surface area contributed by atoms with Crippen molar-refractivity contribution in [3.8, 4) is 16.9 Å². The van der Waals surface area contributed by atoms with Gasteiger partial charge in [0.05, 0.1) is 6.20 Å². The minimum atomic E-state index is -0.671. The summed E-state index contributed by atoms with van der Waals surface area (Å²) in [6, 6.07) is 5.38. The lowest BCUT2D eigenvalue weighted by atomic mass is 10.0. The Morgan fingerprint density at radius 3 is 2.56 bits per heavy atom. The Morgan fingerprint density at radius 1 is 1.19 bits per heavy atom. The van der Waals surface area contributed by atoms with Crippen LogP contribution in [0, 0.1) is 19.7 Å². The van der Waals surface area contributed by atoms with Crippen molar-refractivity contribution in [1.29, 1.82) is 0 Å². The molecule has 1 N–H and O–H groups in total. The number of aryl methyl sites for hydroxylation is 3. The zero-order valence-corrected chi connectivity index (χ0v) is 18.6. The third kappa shape index (κ3) is 4.62. The fourth-order valence-electron chi connectivity index (χ4n) is 4.06. The van der Waals surface area contributed by atoms with Crippen molar-refractivity contribution in [1.82, 2.24) is 24.6 Å². The minimum Gasteiger partial charge on any atom is -0.492 e. The first kappa shape index (κ1) is 21.9. The summed E-state index contributed by atoms with van der Waals surface area (Å²) in [6.07, 6.45) is 5.01. The maximum absolute atomic E-state index is 14.0. The molecule has 8 nitrogen and oxygen atoms in total. The highest BCUT2D eigenvalue weighted by Gasteiger charge is 2.20. The van der Waals surface area contributed by atoms with Crippen LogP contribution in [-0.4, -0.2) is 56.8 Å². The summed E-state index contributed by atoms with van der Waals surface area (Å²) in [5.41, 5.74) is 3.64. The summed E-state index contributed by atoms with van der Waals surface area (Å²) in [5.74, 6) is -0.556. The van der Waals surface area contributed by atoms with E-state index in [-0.39, 0.29) is 5.69 Å². The molecular formula is C23H27FN6O2. The highest BCUT2D eigenvalue weighted by atomic mass is 19.1. The largest absolute Gasteiger partial charge is 0.492 e. The molecule has 0 saturated carbocycles. The van der Waals surface area contributed by atoms with E-state index in [9.17, 15) is 9.18 Å². The van der Waals surface area contributed by atoms with Gasteiger partial charge in [-0.2, -0.15) is 5.10 Å². The highest BCUT2D eigenvalue weighted by molar-refractivity contribution is 6.03. The molecule has 1 saturated heterocycles. The highest BCUT2D eigenvalue weighted by Crippen LogP contribution is 2.35. The quantitative estimate of drug-likeness (QED) is 0.609. The van der Waals surface area contributed by atoms with E-state index in [2.05, 4.69) is 25.3 Å². The van der Waals surface area contributed by atoms with Gasteiger partial charge in [-0.1, -0.05) is 0 Å². The normalized spacial score (nSPS) is 14.0. The molecule has 1 fully saturated rings. The Labute approximate surface area is 186 Å². The van der Waals surface area contributed by atoms with E-state index in [1.807, 2.05) is 26.0 Å². The number of nitrogens with one attached hydrogen (secondary N) is 1. The smallest absolute Gasteiger partial charge is 0.276 e. The maximum Gasteiger partial charge on any atom is 0.276 e. The Morgan fingerprint density at radius 2 is 1.91 bits per heavy atom. The SMILES string of the molecule is Cc1ncnc(C)c1-c1cc(NC(=O)c2c(F)cnn2C)ccc1OCCN1CCCC1. The van der Waals surface area contributed by atoms with Crippen molar-refractivity contribution >= 4 is 11.6 Å². The number of halogens is 1. The van der Waals surface area contributed by atoms with Crippen LogP contribution in [-0.2, 0) is 7.05 Å². The Balaban J connectivity index is 1.62. The summed E-state index contributed by atoms with van der Waals surface area (Å²) in [7, 11) is 1.52. The third-order valence-electron chi connectivity index (χ3n) is 5.71. The van der Waals surface area contributed by atoms with Gasteiger partial charge in [0, 0.05) is 41.8 Å². The van der Waals surface area contributed by atoms with E-state index >= 15 is 0 Å². The topological polar surface area (TPSA) is 85.2 Å². The summed E-state index contributed by atoms with van der Waals surface area (Å²) in [4.78, 5) is 23.7. The van der Waals surface area contributed by atoms with Gasteiger partial charge < -0.3 is 10.1 Å². The summed E-state index contributed by atoms with van der Waals surface area (Å²) in [5, 5.41) is 6.55. The average Bonchev–Trinajstić information content (AvgIpc) is 3.39. The number of nitrogens with zero attached hydrogens (tertiary/aromatic N) is 5. The number of hydrogen-bond acceptors (Lipinski definition) is 6. The molecule has 1 aliphatic heterocycles. The second-order valence-corrected chi connectivity index (χ2v) is 7.95. The molecule has 168 valence electrons. The number of hydrogen-bond donors (Lipinski definition) is 1. The molecule has 1 amide bonds. The van der Waals surface area contributed by atoms with Crippen LogP contribution in [0.15, 0.2) is 30.7 Å². The molecule has 32 heavy (non-hydrogen) atoms. The first-order valence-electron chi connectivity index (χ1n) is 10.7. The van der Waals surface area contributed by atoms with E-state index in [0.717, 1.165) is 48.3 Å². The number of aromatic nitrogens is 4. The standard InChI is InChI=1S/C23H27FN6O2/c1-15-21(16(2)26-14-25-15)18-12-17(28-23(31)22-19(24)13-27-29(22)3)6-7-20(18)32-11-10-30-8-4-5-9-30/h6-7,12-14H,4-5,8-11H2,1-3H3,(H,28,31). The van der Waals surface area contributed by atoms with E-state index in [0.29, 0.717) is 18.0 Å². The monoisotopic (exact) mass is 438 g/mol. The van der Waals surface area contributed by atoms with Crippen molar-refractivity contribution < 1.29 is 13.9 Å². The van der Waals surface area contributed by atoms with E-state index in [1.54, 1.807) is 6.07 Å². The molecule has 9 heteroatoms. The summed E-state index contributed by atoms with van der Waals surface area (Å²) >= 11 is 0. The van der Waals surface area contributed by atoms with Gasteiger partial charge in [-0.25, -0.2) is 14.4 Å². The van der Waals surface area contributed by atoms with E-state index in [1.165, 1.54) is 30.9 Å². The van der Waals surface area contributed by atoms with Gasteiger partial charge in [-0.05, 0) is 58.0 Å². The molecule has 2 aromatic heterocycles. The van der Waals surface area contributed by atoms with Gasteiger partial charge in [0.15, 0.2) is 11.5 Å². The Bertz CT molecular complexity index is 1080. The van der Waals surface area contributed by atoms with E-state index in [4.69, 9.17) is 4.74 Å². The second-order valence-electron chi connectivity index (χ2n) is 7.95. The van der Waals surface area contributed by atoms with Gasteiger partial charge in [-0.15, -0.1) is 0 Å². The van der Waals surface area contributed by atoms with E-state index < -0.39 is 11.7 Å². The van der Waals surface area contributed by atoms with Gasteiger partial charge in [0.25, 0.3) is 5.91 Å². The number of amides is 1. The molecule has 4 rings (SSSR count). The molecule has 1 aromatic carbocycles. The van der Waals surface area contributed by atoms with Crippen molar-refractivity contribution in [3.63, 3.8) is 0 Å². The zero-order valence-electron chi connectivity index (χ0n) is 18.6. The number of rotatable bonds is 7. The number of anilines is 1. The van der Waals surface area contributed by atoms with Gasteiger partial charge in [0.1, 0.15) is 18.7 Å². The van der Waals surface area contributed by atoms with Crippen molar-refractivity contribution in [2.24, 2.45) is 7.05 Å². The van der Waals surface area contributed by atoms with Crippen molar-refractivity contribution in [3.05, 3.63) is 53.6 Å². The summed E-state index contributed by atoms with van der Waals surface area (Å²) in [6.45, 7) is 7.46. The molecule has 0 spiro atoms. The Hall–Kier alpha value is -3.33. The number of likely N-dealkylation sites (tertiary alicyclic amines) is 1. The van der Waals surface area contributed by atoms with Crippen LogP contribution in [0.25, 0.3) is 11.1 Å². The van der Waals surface area contributed by atoms with Crippen LogP contribution in [0.5, 0.6) is 5.75 Å². The van der Waals surface area contributed by atoms with Crippen LogP contribution in [0.3, 0.4) is 0 Å². The Kier molecular flexibility index (Phi) is 6.45. The van der Waals surface area contributed by atoms with Crippen molar-refractivity contribution in [2.75, 3.05) is 31.6 Å². The van der Waals surface area contributed by atoms with Crippen LogP contribution >= 0.6 is 0 Å². The minimum absolute atomic E-state index is 0.132. The molecule has 0 atom stereocenters. The molecule has 0 aliphatic carbocycles.